The zero-order chi connectivity index (χ0) is 27.9. The van der Waals surface area contributed by atoms with Gasteiger partial charge in [0, 0.05) is 0 Å². The summed E-state index contributed by atoms with van der Waals surface area (Å²) in [6.07, 6.45) is -1.76. The van der Waals surface area contributed by atoms with Crippen LogP contribution in [0.2, 0.25) is 0 Å². The highest BCUT2D eigenvalue weighted by Gasteiger charge is 2.47. The van der Waals surface area contributed by atoms with Crippen molar-refractivity contribution in [2.75, 3.05) is 11.9 Å². The summed E-state index contributed by atoms with van der Waals surface area (Å²) >= 11 is 0. The van der Waals surface area contributed by atoms with Gasteiger partial charge in [0.05, 0.1) is 32.8 Å². The molecule has 0 saturated carbocycles. The number of aromatic amines is 1. The van der Waals surface area contributed by atoms with Crippen LogP contribution in [0.25, 0.3) is 11.2 Å². The van der Waals surface area contributed by atoms with Crippen LogP contribution in [0.15, 0.2) is 97.3 Å². The number of imidazole rings is 1. The molecule has 3 heterocycles. The highest BCUT2D eigenvalue weighted by Crippen LogP contribution is 2.31. The van der Waals surface area contributed by atoms with Crippen LogP contribution in [-0.4, -0.2) is 51.1 Å². The van der Waals surface area contributed by atoms with Crippen LogP contribution in [0.4, 0.5) is 10.2 Å². The van der Waals surface area contributed by atoms with E-state index in [2.05, 4.69) is 25.3 Å². The number of hydrogen-bond acceptors (Lipinski definition) is 8. The Bertz CT molecular complexity index is 1520. The third-order valence-corrected chi connectivity index (χ3v) is 6.81. The van der Waals surface area contributed by atoms with Gasteiger partial charge in [0.2, 0.25) is 0 Å². The summed E-state index contributed by atoms with van der Waals surface area (Å²) in [5.74, 6) is 0.218. The zero-order valence-corrected chi connectivity index (χ0v) is 22.2. The van der Waals surface area contributed by atoms with Gasteiger partial charge < -0.3 is 29.2 Å². The molecule has 1 fully saturated rings. The molecule has 5 aromatic rings. The first kappa shape index (κ1) is 27.0. The van der Waals surface area contributed by atoms with E-state index in [4.69, 9.17) is 18.9 Å². The SMILES string of the molecule is Fc1nc(NC2O[C@H](COCc3ccccc3)[C@@H](OCc3ccccc3)[C@@H]2OCc2ccccc2)c2[nH]cnc2n1. The summed E-state index contributed by atoms with van der Waals surface area (Å²) in [7, 11) is 0. The molecule has 1 aliphatic heterocycles. The molecule has 3 aromatic carbocycles. The van der Waals surface area contributed by atoms with Gasteiger partial charge in [-0.15, -0.1) is 0 Å². The van der Waals surface area contributed by atoms with E-state index in [1.807, 2.05) is 91.0 Å². The molecule has 10 heteroatoms. The first-order valence-electron chi connectivity index (χ1n) is 13.4. The van der Waals surface area contributed by atoms with Gasteiger partial charge in [0.15, 0.2) is 17.7 Å². The third kappa shape index (κ3) is 6.75. The van der Waals surface area contributed by atoms with E-state index in [9.17, 15) is 4.39 Å². The van der Waals surface area contributed by atoms with Crippen LogP contribution in [0.5, 0.6) is 0 Å². The smallest absolute Gasteiger partial charge is 0.312 e. The number of hydrogen-bond donors (Lipinski definition) is 2. The number of halogens is 1. The Morgan fingerprint density at radius 3 is 1.98 bits per heavy atom. The lowest BCUT2D eigenvalue weighted by Gasteiger charge is -2.25. The molecule has 2 aromatic heterocycles. The molecule has 4 atom stereocenters. The lowest BCUT2D eigenvalue weighted by molar-refractivity contribution is -0.0897. The van der Waals surface area contributed by atoms with Crippen LogP contribution >= 0.6 is 0 Å². The van der Waals surface area contributed by atoms with Gasteiger partial charge in [-0.1, -0.05) is 91.0 Å². The largest absolute Gasteiger partial charge is 0.374 e. The Labute approximate surface area is 236 Å². The van der Waals surface area contributed by atoms with E-state index in [-0.39, 0.29) is 18.1 Å². The number of H-pyrrole nitrogens is 1. The number of fused-ring (bicyclic) bond motifs is 1. The molecular formula is C31H30FN5O4. The molecule has 0 aliphatic carbocycles. The van der Waals surface area contributed by atoms with Crippen molar-refractivity contribution in [1.29, 1.82) is 0 Å². The molecule has 0 spiro atoms. The minimum Gasteiger partial charge on any atom is -0.374 e. The number of nitrogens with one attached hydrogen (secondary N) is 2. The molecule has 1 saturated heterocycles. The molecule has 6 rings (SSSR count). The second-order valence-electron chi connectivity index (χ2n) is 9.71. The van der Waals surface area contributed by atoms with Crippen molar-refractivity contribution in [3.8, 4) is 0 Å². The monoisotopic (exact) mass is 555 g/mol. The lowest BCUT2D eigenvalue weighted by Crippen LogP contribution is -2.41. The van der Waals surface area contributed by atoms with Gasteiger partial charge in [0.1, 0.15) is 23.8 Å². The Morgan fingerprint density at radius 1 is 0.756 bits per heavy atom. The predicted molar refractivity (Wildman–Crippen MR) is 150 cm³/mol. The lowest BCUT2D eigenvalue weighted by atomic mass is 10.1. The summed E-state index contributed by atoms with van der Waals surface area (Å²) in [6.45, 7) is 1.36. The third-order valence-electron chi connectivity index (χ3n) is 6.81. The van der Waals surface area contributed by atoms with Crippen LogP contribution in [0.3, 0.4) is 0 Å². The van der Waals surface area contributed by atoms with E-state index in [1.165, 1.54) is 6.33 Å². The summed E-state index contributed by atoms with van der Waals surface area (Å²) in [5, 5.41) is 3.22. The minimum absolute atomic E-state index is 0.208. The first-order valence-corrected chi connectivity index (χ1v) is 13.4. The highest BCUT2D eigenvalue weighted by molar-refractivity contribution is 5.82. The van der Waals surface area contributed by atoms with Crippen LogP contribution in [0, 0.1) is 6.08 Å². The van der Waals surface area contributed by atoms with E-state index >= 15 is 0 Å². The van der Waals surface area contributed by atoms with Crippen LogP contribution < -0.4 is 5.32 Å². The molecule has 0 amide bonds. The number of benzene rings is 3. The van der Waals surface area contributed by atoms with E-state index in [0.29, 0.717) is 25.3 Å². The van der Waals surface area contributed by atoms with Crippen molar-refractivity contribution in [3.05, 3.63) is 120 Å². The fourth-order valence-electron chi connectivity index (χ4n) is 4.81. The van der Waals surface area contributed by atoms with Gasteiger partial charge in [0.25, 0.3) is 0 Å². The van der Waals surface area contributed by atoms with Crippen LogP contribution in [0.1, 0.15) is 16.7 Å². The summed E-state index contributed by atoms with van der Waals surface area (Å²) in [5.41, 5.74) is 3.74. The minimum atomic E-state index is -0.897. The van der Waals surface area contributed by atoms with Gasteiger partial charge in [-0.25, -0.2) is 4.98 Å². The second kappa shape index (κ2) is 13.0. The van der Waals surface area contributed by atoms with Gasteiger partial charge in [-0.05, 0) is 16.7 Å². The standard InChI is InChI=1S/C31H30FN5O4/c32-31-36-28-25(33-20-34-28)29(37-31)35-30-27(40-18-23-14-8-3-9-15-23)26(39-17-22-12-6-2-7-13-22)24(41-30)19-38-16-21-10-4-1-5-11-21/h1-15,20,24,26-27,30H,16-19H2,(H2,33,34,35,36,37)/t24-,26-,27+,30?/m1/s1. The fraction of sp³-hybridized carbons (Fsp3) is 0.258. The molecule has 2 N–H and O–H groups in total. The van der Waals surface area contributed by atoms with Gasteiger partial charge in [-0.2, -0.15) is 14.4 Å². The Kier molecular flexibility index (Phi) is 8.53. The maximum Gasteiger partial charge on any atom is 0.312 e. The molecule has 41 heavy (non-hydrogen) atoms. The number of anilines is 1. The average Bonchev–Trinajstić information content (AvgIpc) is 3.61. The molecule has 1 unspecified atom stereocenters. The second-order valence-corrected chi connectivity index (χ2v) is 9.71. The summed E-state index contributed by atoms with van der Waals surface area (Å²) in [6, 6.07) is 29.7. The number of ether oxygens (including phenoxy) is 4. The summed E-state index contributed by atoms with van der Waals surface area (Å²) < 4.78 is 39.8. The summed E-state index contributed by atoms with van der Waals surface area (Å²) in [4.78, 5) is 14.8. The normalized spacial score (nSPS) is 20.4. The maximum atomic E-state index is 14.3. The van der Waals surface area contributed by atoms with Crippen molar-refractivity contribution in [3.63, 3.8) is 0 Å². The van der Waals surface area contributed by atoms with Gasteiger partial charge >= 0.3 is 6.08 Å². The highest BCUT2D eigenvalue weighted by atomic mass is 19.1. The fourth-order valence-corrected chi connectivity index (χ4v) is 4.81. The Hall–Kier alpha value is -4.22. The van der Waals surface area contributed by atoms with Crippen molar-refractivity contribution < 1.29 is 23.3 Å². The number of aromatic nitrogens is 4. The van der Waals surface area contributed by atoms with E-state index in [0.717, 1.165) is 16.7 Å². The predicted octanol–water partition coefficient (Wildman–Crippen LogP) is 5.02. The zero-order valence-electron chi connectivity index (χ0n) is 22.2. The van der Waals surface area contributed by atoms with Crippen molar-refractivity contribution in [2.24, 2.45) is 0 Å². The van der Waals surface area contributed by atoms with Crippen molar-refractivity contribution in [1.82, 2.24) is 19.9 Å². The number of nitrogens with zero attached hydrogens (tertiary/aromatic N) is 3. The van der Waals surface area contributed by atoms with E-state index in [1.54, 1.807) is 0 Å². The van der Waals surface area contributed by atoms with Crippen molar-refractivity contribution in [2.45, 2.75) is 44.4 Å². The average molecular weight is 556 g/mol. The molecule has 0 bridgehead atoms. The van der Waals surface area contributed by atoms with Gasteiger partial charge in [-0.3, -0.25) is 0 Å². The number of rotatable bonds is 12. The Morgan fingerprint density at radius 2 is 1.34 bits per heavy atom. The molecule has 210 valence electrons. The molecular weight excluding hydrogens is 525 g/mol. The first-order chi connectivity index (χ1) is 20.2. The molecule has 0 radical (unpaired) electrons. The van der Waals surface area contributed by atoms with Crippen molar-refractivity contribution >= 4 is 17.0 Å². The molecule has 9 nitrogen and oxygen atoms in total. The van der Waals surface area contributed by atoms with Crippen LogP contribution in [-0.2, 0) is 38.8 Å². The topological polar surface area (TPSA) is 103 Å². The Balaban J connectivity index is 1.26. The van der Waals surface area contributed by atoms with E-state index < -0.39 is 30.6 Å². The molecule has 1 aliphatic rings. The quantitative estimate of drug-likeness (QED) is 0.207. The maximum absolute atomic E-state index is 14.3.